The van der Waals surface area contributed by atoms with Gasteiger partial charge in [-0.25, -0.2) is 0 Å². The van der Waals surface area contributed by atoms with E-state index in [1.165, 1.54) is 64.2 Å². The molecule has 1 heterocycles. The third-order valence-electron chi connectivity index (χ3n) is 6.59. The summed E-state index contributed by atoms with van der Waals surface area (Å²) in [5.74, 6) is 2.85. The minimum Gasteiger partial charge on any atom is -0.494 e. The number of aromatic nitrogens is 2. The number of hydrogen-bond donors (Lipinski definition) is 0. The highest BCUT2D eigenvalue weighted by molar-refractivity contribution is 5.58. The molecule has 3 nitrogen and oxygen atoms in total. The Balaban J connectivity index is 1.41. The minimum absolute atomic E-state index is 0.822. The molecule has 164 valence electrons. The number of hydrogen-bond acceptors (Lipinski definition) is 3. The van der Waals surface area contributed by atoms with Gasteiger partial charge in [-0.05, 0) is 55.4 Å². The van der Waals surface area contributed by atoms with Crippen molar-refractivity contribution < 1.29 is 4.74 Å². The Bertz CT molecular complexity index is 711. The molecule has 0 saturated heterocycles. The van der Waals surface area contributed by atoms with Crippen LogP contribution in [0.2, 0.25) is 0 Å². The lowest BCUT2D eigenvalue weighted by Gasteiger charge is -2.31. The van der Waals surface area contributed by atoms with E-state index in [0.29, 0.717) is 0 Å². The first-order chi connectivity index (χ1) is 14.8. The average molecular weight is 409 g/mol. The maximum atomic E-state index is 6.04. The second-order valence-electron chi connectivity index (χ2n) is 8.96. The summed E-state index contributed by atoms with van der Waals surface area (Å²) in [6.45, 7) is 5.29. The van der Waals surface area contributed by atoms with Crippen molar-refractivity contribution in [3.8, 4) is 17.0 Å². The van der Waals surface area contributed by atoms with Gasteiger partial charge in [-0.3, -0.25) is 9.97 Å². The molecule has 0 bridgehead atoms. The molecule has 2 unspecified atom stereocenters. The fourth-order valence-corrected chi connectivity index (χ4v) is 4.85. The SMILES string of the molecule is CCCCCC1CCCCC1CCCOc1ccc(-c2cnc(CCC)cn2)cc1. The average Bonchev–Trinajstić information content (AvgIpc) is 2.79. The third-order valence-corrected chi connectivity index (χ3v) is 6.59. The highest BCUT2D eigenvalue weighted by atomic mass is 16.5. The lowest BCUT2D eigenvalue weighted by Crippen LogP contribution is -2.20. The quantitative estimate of drug-likeness (QED) is 0.338. The summed E-state index contributed by atoms with van der Waals surface area (Å²) in [6, 6.07) is 8.30. The smallest absolute Gasteiger partial charge is 0.119 e. The van der Waals surface area contributed by atoms with Crippen LogP contribution in [-0.2, 0) is 6.42 Å². The molecule has 1 aliphatic rings. The molecule has 3 heteroatoms. The van der Waals surface area contributed by atoms with E-state index >= 15 is 0 Å². The van der Waals surface area contributed by atoms with Crippen molar-refractivity contribution in [2.75, 3.05) is 6.61 Å². The van der Waals surface area contributed by atoms with E-state index in [0.717, 1.165) is 54.0 Å². The first-order valence-electron chi connectivity index (χ1n) is 12.3. The molecule has 1 aromatic heterocycles. The molecule has 2 atom stereocenters. The summed E-state index contributed by atoms with van der Waals surface area (Å²) in [4.78, 5) is 9.06. The molecule has 1 aliphatic carbocycles. The molecular weight excluding hydrogens is 368 g/mol. The van der Waals surface area contributed by atoms with E-state index < -0.39 is 0 Å². The second kappa shape index (κ2) is 12.7. The van der Waals surface area contributed by atoms with Gasteiger partial charge in [-0.1, -0.05) is 71.6 Å². The molecule has 0 N–H and O–H groups in total. The Morgan fingerprint density at radius 1 is 0.833 bits per heavy atom. The fourth-order valence-electron chi connectivity index (χ4n) is 4.85. The first kappa shape index (κ1) is 22.8. The van der Waals surface area contributed by atoms with Gasteiger partial charge in [0.15, 0.2) is 0 Å². The van der Waals surface area contributed by atoms with Crippen molar-refractivity contribution >= 4 is 0 Å². The van der Waals surface area contributed by atoms with Gasteiger partial charge in [0.1, 0.15) is 5.75 Å². The molecule has 0 radical (unpaired) electrons. The van der Waals surface area contributed by atoms with Gasteiger partial charge in [0.05, 0.1) is 24.2 Å². The zero-order valence-electron chi connectivity index (χ0n) is 19.1. The van der Waals surface area contributed by atoms with Gasteiger partial charge < -0.3 is 4.74 Å². The minimum atomic E-state index is 0.822. The zero-order chi connectivity index (χ0) is 21.0. The van der Waals surface area contributed by atoms with Crippen LogP contribution < -0.4 is 4.74 Å². The van der Waals surface area contributed by atoms with Crippen LogP contribution in [0.5, 0.6) is 5.75 Å². The predicted octanol–water partition coefficient (Wildman–Crippen LogP) is 7.64. The summed E-state index contributed by atoms with van der Waals surface area (Å²) in [7, 11) is 0. The van der Waals surface area contributed by atoms with Crippen LogP contribution in [0.1, 0.15) is 90.2 Å². The highest BCUT2D eigenvalue weighted by Crippen LogP contribution is 2.36. The first-order valence-corrected chi connectivity index (χ1v) is 12.3. The zero-order valence-corrected chi connectivity index (χ0v) is 19.1. The number of nitrogens with zero attached hydrogens (tertiary/aromatic N) is 2. The molecule has 0 aliphatic heterocycles. The van der Waals surface area contributed by atoms with E-state index in [4.69, 9.17) is 4.74 Å². The van der Waals surface area contributed by atoms with Crippen molar-refractivity contribution in [2.45, 2.75) is 90.9 Å². The van der Waals surface area contributed by atoms with Crippen molar-refractivity contribution in [1.29, 1.82) is 0 Å². The summed E-state index contributed by atoms with van der Waals surface area (Å²) < 4.78 is 6.04. The van der Waals surface area contributed by atoms with Crippen LogP contribution >= 0.6 is 0 Å². The Hall–Kier alpha value is -1.90. The molecule has 1 saturated carbocycles. The fraction of sp³-hybridized carbons (Fsp3) is 0.630. The van der Waals surface area contributed by atoms with Gasteiger partial charge in [0.2, 0.25) is 0 Å². The van der Waals surface area contributed by atoms with Crippen molar-refractivity contribution in [3.05, 3.63) is 42.4 Å². The van der Waals surface area contributed by atoms with E-state index in [1.54, 1.807) is 0 Å². The largest absolute Gasteiger partial charge is 0.494 e. The van der Waals surface area contributed by atoms with Gasteiger partial charge in [-0.2, -0.15) is 0 Å². The summed E-state index contributed by atoms with van der Waals surface area (Å²) >= 11 is 0. The Labute approximate surface area is 183 Å². The Morgan fingerprint density at radius 2 is 1.57 bits per heavy atom. The number of unbranched alkanes of at least 4 members (excludes halogenated alkanes) is 2. The molecule has 30 heavy (non-hydrogen) atoms. The van der Waals surface area contributed by atoms with Crippen LogP contribution in [0.15, 0.2) is 36.7 Å². The number of aryl methyl sites for hydroxylation is 1. The van der Waals surface area contributed by atoms with Crippen LogP contribution in [-0.4, -0.2) is 16.6 Å². The van der Waals surface area contributed by atoms with E-state index in [-0.39, 0.29) is 0 Å². The number of benzene rings is 1. The van der Waals surface area contributed by atoms with Gasteiger partial charge in [-0.15, -0.1) is 0 Å². The lowest BCUT2D eigenvalue weighted by atomic mass is 9.74. The van der Waals surface area contributed by atoms with Gasteiger partial charge >= 0.3 is 0 Å². The Morgan fingerprint density at radius 3 is 2.20 bits per heavy atom. The standard InChI is InChI=1S/C27H40N2O/c1-3-5-6-11-22-12-7-8-13-23(22)14-9-19-30-26-17-15-24(16-18-26)27-21-28-25(10-4-2)20-29-27/h15-18,20-23H,3-14,19H2,1-2H3. The molecule has 0 spiro atoms. The van der Waals surface area contributed by atoms with Crippen LogP contribution in [0.4, 0.5) is 0 Å². The van der Waals surface area contributed by atoms with Crippen LogP contribution in [0, 0.1) is 11.8 Å². The van der Waals surface area contributed by atoms with Crippen molar-refractivity contribution in [3.63, 3.8) is 0 Å². The number of rotatable bonds is 12. The molecule has 0 amide bonds. The van der Waals surface area contributed by atoms with E-state index in [1.807, 2.05) is 12.4 Å². The maximum absolute atomic E-state index is 6.04. The molecule has 3 rings (SSSR count). The molecule has 1 fully saturated rings. The maximum Gasteiger partial charge on any atom is 0.119 e. The third kappa shape index (κ3) is 7.11. The molecule has 2 aromatic rings. The van der Waals surface area contributed by atoms with E-state index in [9.17, 15) is 0 Å². The van der Waals surface area contributed by atoms with E-state index in [2.05, 4.69) is 48.1 Å². The van der Waals surface area contributed by atoms with Gasteiger partial charge in [0.25, 0.3) is 0 Å². The van der Waals surface area contributed by atoms with Crippen molar-refractivity contribution in [1.82, 2.24) is 9.97 Å². The lowest BCUT2D eigenvalue weighted by molar-refractivity contribution is 0.190. The monoisotopic (exact) mass is 408 g/mol. The summed E-state index contributed by atoms with van der Waals surface area (Å²) in [5, 5.41) is 0. The van der Waals surface area contributed by atoms with Gasteiger partial charge in [0, 0.05) is 11.8 Å². The Kier molecular flexibility index (Phi) is 9.66. The normalized spacial score (nSPS) is 19.0. The predicted molar refractivity (Wildman–Crippen MR) is 126 cm³/mol. The highest BCUT2D eigenvalue weighted by Gasteiger charge is 2.24. The molecular formula is C27H40N2O. The van der Waals surface area contributed by atoms with Crippen LogP contribution in [0.25, 0.3) is 11.3 Å². The molecule has 1 aromatic carbocycles. The number of ether oxygens (including phenoxy) is 1. The summed E-state index contributed by atoms with van der Waals surface area (Å²) in [5.41, 5.74) is 3.08. The van der Waals surface area contributed by atoms with Crippen molar-refractivity contribution in [2.24, 2.45) is 11.8 Å². The van der Waals surface area contributed by atoms with Crippen LogP contribution in [0.3, 0.4) is 0 Å². The second-order valence-corrected chi connectivity index (χ2v) is 8.96. The topological polar surface area (TPSA) is 35.0 Å². The summed E-state index contributed by atoms with van der Waals surface area (Å²) in [6.07, 6.45) is 19.7.